The quantitative estimate of drug-likeness (QED) is 0.230. The van der Waals surface area contributed by atoms with Gasteiger partial charge in [0.2, 0.25) is 0 Å². The van der Waals surface area contributed by atoms with E-state index in [1.807, 2.05) is 6.92 Å². The smallest absolute Gasteiger partial charge is 0.423 e. The van der Waals surface area contributed by atoms with Crippen LogP contribution in [0.2, 0.25) is 0 Å². The van der Waals surface area contributed by atoms with E-state index in [-0.39, 0.29) is 19.6 Å². The number of unbranched alkanes of at least 4 members (excludes halogenated alkanes) is 7. The molecule has 1 amide bonds. The molecule has 1 aliphatic heterocycles. The molecule has 220 valence electrons. The second-order valence-corrected chi connectivity index (χ2v) is 9.66. The molecule has 1 fully saturated rings. The molecule has 39 heavy (non-hydrogen) atoms. The number of aromatic nitrogens is 2. The largest absolute Gasteiger partial charge is 0.447 e. The van der Waals surface area contributed by atoms with Crippen LogP contribution in [0, 0.1) is 12.3 Å². The summed E-state index contributed by atoms with van der Waals surface area (Å²) >= 11 is 0. The summed E-state index contributed by atoms with van der Waals surface area (Å²) < 4.78 is 57.3. The first-order valence-corrected chi connectivity index (χ1v) is 13.7. The zero-order valence-electron chi connectivity index (χ0n) is 22.8. The standard InChI is InChI=1S/C27H40F3N3O6/c1-4-7-9-10-11-12-13-15-32(14-8-5-2)26(36)38-19-22-21(37-16-6-3)17-23(39-22)33-18-20(27(28,29)30)24(34)31-25(33)35/h3,18,21-23H,4-5,7-17,19H2,1-2H3,(H,31,34,35)/t21-,22+,23+/m0/s1. The highest BCUT2D eigenvalue weighted by atomic mass is 19.4. The van der Waals surface area contributed by atoms with Gasteiger partial charge in [-0.1, -0.05) is 64.7 Å². The number of hydrogen-bond acceptors (Lipinski definition) is 6. The number of nitrogens with zero attached hydrogens (tertiary/aromatic N) is 2. The highest BCUT2D eigenvalue weighted by Crippen LogP contribution is 2.32. The molecule has 0 aromatic carbocycles. The van der Waals surface area contributed by atoms with Gasteiger partial charge in [-0.15, -0.1) is 6.42 Å². The fourth-order valence-corrected chi connectivity index (χ4v) is 4.40. The van der Waals surface area contributed by atoms with Gasteiger partial charge in [-0.25, -0.2) is 9.59 Å². The first-order valence-electron chi connectivity index (χ1n) is 13.7. The highest BCUT2D eigenvalue weighted by Gasteiger charge is 2.41. The number of terminal acetylenes is 1. The summed E-state index contributed by atoms with van der Waals surface area (Å²) in [7, 11) is 0. The van der Waals surface area contributed by atoms with Gasteiger partial charge in [0.05, 0.1) is 6.10 Å². The number of halogens is 3. The van der Waals surface area contributed by atoms with E-state index in [2.05, 4.69) is 12.8 Å². The lowest BCUT2D eigenvalue weighted by Gasteiger charge is -2.24. The van der Waals surface area contributed by atoms with Gasteiger partial charge < -0.3 is 19.1 Å². The Hall–Kier alpha value is -2.78. The Kier molecular flexibility index (Phi) is 13.6. The predicted molar refractivity (Wildman–Crippen MR) is 139 cm³/mol. The number of nitrogens with one attached hydrogen (secondary N) is 1. The molecule has 2 heterocycles. The van der Waals surface area contributed by atoms with Crippen molar-refractivity contribution in [2.24, 2.45) is 0 Å². The molecule has 9 nitrogen and oxygen atoms in total. The lowest BCUT2D eigenvalue weighted by Crippen LogP contribution is -2.37. The van der Waals surface area contributed by atoms with Crippen LogP contribution in [-0.4, -0.2) is 59.1 Å². The van der Waals surface area contributed by atoms with Crippen molar-refractivity contribution < 1.29 is 32.2 Å². The topological polar surface area (TPSA) is 103 Å². The van der Waals surface area contributed by atoms with Crippen LogP contribution in [0.15, 0.2) is 15.8 Å². The Morgan fingerprint density at radius 2 is 1.77 bits per heavy atom. The van der Waals surface area contributed by atoms with Gasteiger partial charge in [0, 0.05) is 25.7 Å². The summed E-state index contributed by atoms with van der Waals surface area (Å²) in [6.45, 7) is 4.95. The molecule has 3 atom stereocenters. The van der Waals surface area contributed by atoms with Gasteiger partial charge in [-0.2, -0.15) is 13.2 Å². The van der Waals surface area contributed by atoms with E-state index in [9.17, 15) is 27.6 Å². The van der Waals surface area contributed by atoms with Crippen LogP contribution in [-0.2, 0) is 20.4 Å². The first-order chi connectivity index (χ1) is 18.6. The van der Waals surface area contributed by atoms with E-state index < -0.39 is 47.5 Å². The minimum absolute atomic E-state index is 0.0370. The van der Waals surface area contributed by atoms with Crippen molar-refractivity contribution in [1.29, 1.82) is 0 Å². The van der Waals surface area contributed by atoms with E-state index in [0.29, 0.717) is 23.9 Å². The number of carbonyl (C=O) groups is 1. The van der Waals surface area contributed by atoms with E-state index in [4.69, 9.17) is 20.6 Å². The second-order valence-electron chi connectivity index (χ2n) is 9.66. The SMILES string of the molecule is C#CCO[C@H]1C[C@H](n2cc(C(F)(F)F)c(=O)[nH]c2=O)O[C@@H]1COC(=O)N(CCCC)CCCCCCCCC. The zero-order chi connectivity index (χ0) is 28.8. The van der Waals surface area contributed by atoms with Gasteiger partial charge in [-0.3, -0.25) is 14.3 Å². The van der Waals surface area contributed by atoms with Crippen LogP contribution in [0.1, 0.15) is 89.8 Å². The summed E-state index contributed by atoms with van der Waals surface area (Å²) in [6, 6.07) is 0. The lowest BCUT2D eigenvalue weighted by atomic mass is 10.1. The predicted octanol–water partition coefficient (Wildman–Crippen LogP) is 4.85. The van der Waals surface area contributed by atoms with Crippen LogP contribution in [0.3, 0.4) is 0 Å². The third kappa shape index (κ3) is 10.4. The van der Waals surface area contributed by atoms with Crippen LogP contribution >= 0.6 is 0 Å². The Balaban J connectivity index is 2.04. The maximum absolute atomic E-state index is 13.2. The normalized spacial score (nSPS) is 19.1. The highest BCUT2D eigenvalue weighted by molar-refractivity contribution is 5.67. The summed E-state index contributed by atoms with van der Waals surface area (Å²) in [5.41, 5.74) is -4.13. The number of aromatic amines is 1. The van der Waals surface area contributed by atoms with E-state index >= 15 is 0 Å². The number of alkyl halides is 3. The van der Waals surface area contributed by atoms with Gasteiger partial charge >= 0.3 is 18.0 Å². The molecule has 2 rings (SSSR count). The number of amides is 1. The summed E-state index contributed by atoms with van der Waals surface area (Å²) in [4.78, 5) is 40.1. The monoisotopic (exact) mass is 559 g/mol. The molecular formula is C27H40F3N3O6. The zero-order valence-corrected chi connectivity index (χ0v) is 22.8. The number of rotatable bonds is 16. The molecule has 12 heteroatoms. The minimum Gasteiger partial charge on any atom is -0.447 e. The maximum atomic E-state index is 13.2. The van der Waals surface area contributed by atoms with Crippen molar-refractivity contribution in [1.82, 2.24) is 14.5 Å². The van der Waals surface area contributed by atoms with Crippen LogP contribution in [0.25, 0.3) is 0 Å². The fourth-order valence-electron chi connectivity index (χ4n) is 4.40. The van der Waals surface area contributed by atoms with Gasteiger partial charge in [0.1, 0.15) is 31.1 Å². The summed E-state index contributed by atoms with van der Waals surface area (Å²) in [5.74, 6) is 2.31. The summed E-state index contributed by atoms with van der Waals surface area (Å²) in [6.07, 6.45) is 6.88. The molecule has 1 aromatic heterocycles. The number of H-pyrrole nitrogens is 1. The molecule has 0 saturated carbocycles. The Morgan fingerprint density at radius 1 is 1.13 bits per heavy atom. The Morgan fingerprint density at radius 3 is 2.41 bits per heavy atom. The second kappa shape index (κ2) is 16.4. The van der Waals surface area contributed by atoms with Gasteiger partial charge in [0.15, 0.2) is 0 Å². The van der Waals surface area contributed by atoms with Gasteiger partial charge in [0.25, 0.3) is 5.56 Å². The van der Waals surface area contributed by atoms with Crippen molar-refractivity contribution >= 4 is 6.09 Å². The average Bonchev–Trinajstić information content (AvgIpc) is 3.29. The molecule has 1 aliphatic rings. The van der Waals surface area contributed by atoms with Crippen molar-refractivity contribution in [2.45, 2.75) is 103 Å². The van der Waals surface area contributed by atoms with Crippen LogP contribution in [0.4, 0.5) is 18.0 Å². The van der Waals surface area contributed by atoms with E-state index in [1.54, 1.807) is 9.88 Å². The van der Waals surface area contributed by atoms with Gasteiger partial charge in [-0.05, 0) is 12.8 Å². The van der Waals surface area contributed by atoms with Crippen LogP contribution in [0.5, 0.6) is 0 Å². The average molecular weight is 560 g/mol. The number of hydrogen-bond donors (Lipinski definition) is 1. The molecule has 0 radical (unpaired) electrons. The van der Waals surface area contributed by atoms with E-state index in [1.165, 1.54) is 25.7 Å². The first kappa shape index (κ1) is 32.4. The third-order valence-corrected chi connectivity index (χ3v) is 6.59. The minimum atomic E-state index is -4.96. The lowest BCUT2D eigenvalue weighted by molar-refractivity contribution is -0.139. The Labute approximate surface area is 227 Å². The molecule has 0 spiro atoms. The molecule has 0 unspecified atom stereocenters. The molecule has 0 aliphatic carbocycles. The fraction of sp³-hybridized carbons (Fsp3) is 0.741. The number of ether oxygens (including phenoxy) is 3. The van der Waals surface area contributed by atoms with Crippen molar-refractivity contribution in [3.8, 4) is 12.3 Å². The molecular weight excluding hydrogens is 519 g/mol. The maximum Gasteiger partial charge on any atom is 0.423 e. The Bertz CT molecular complexity index is 1050. The van der Waals surface area contributed by atoms with Crippen LogP contribution < -0.4 is 11.2 Å². The molecule has 1 saturated heterocycles. The van der Waals surface area contributed by atoms with Crippen molar-refractivity contribution in [2.75, 3.05) is 26.3 Å². The third-order valence-electron chi connectivity index (χ3n) is 6.59. The summed E-state index contributed by atoms with van der Waals surface area (Å²) in [5, 5.41) is 0. The van der Waals surface area contributed by atoms with Crippen molar-refractivity contribution in [3.05, 3.63) is 32.6 Å². The molecule has 1 N–H and O–H groups in total. The van der Waals surface area contributed by atoms with E-state index in [0.717, 1.165) is 32.1 Å². The molecule has 0 bridgehead atoms. The molecule has 1 aromatic rings. The number of carbonyl (C=O) groups excluding carboxylic acids is 1. The van der Waals surface area contributed by atoms with Crippen molar-refractivity contribution in [3.63, 3.8) is 0 Å².